The number of furan rings is 1. The second-order valence-electron chi connectivity index (χ2n) is 6.56. The van der Waals surface area contributed by atoms with E-state index in [1.165, 1.54) is 0 Å². The highest BCUT2D eigenvalue weighted by molar-refractivity contribution is 6.30. The molecule has 2 heterocycles. The molecule has 0 atom stereocenters. The van der Waals surface area contributed by atoms with E-state index in [1.54, 1.807) is 0 Å². The second-order valence-corrected chi connectivity index (χ2v) is 7.00. The van der Waals surface area contributed by atoms with E-state index in [9.17, 15) is 4.79 Å². The molecule has 6 nitrogen and oxygen atoms in total. The maximum Gasteiger partial charge on any atom is 0.316 e. The van der Waals surface area contributed by atoms with Gasteiger partial charge in [-0.05, 0) is 43.5 Å². The third-order valence-electron chi connectivity index (χ3n) is 4.60. The predicted octanol–water partition coefficient (Wildman–Crippen LogP) is 4.73. The molecule has 0 bridgehead atoms. The zero-order chi connectivity index (χ0) is 19.7. The number of aryl methyl sites for hydroxylation is 2. The first-order valence-corrected chi connectivity index (χ1v) is 9.26. The highest BCUT2D eigenvalue weighted by Crippen LogP contribution is 2.32. The normalized spacial score (nSPS) is 11.1. The summed E-state index contributed by atoms with van der Waals surface area (Å²) in [4.78, 5) is 16.5. The summed E-state index contributed by atoms with van der Waals surface area (Å²) < 4.78 is 11.1. The largest absolute Gasteiger partial charge is 0.452 e. The minimum atomic E-state index is -0.419. The fourth-order valence-electron chi connectivity index (χ4n) is 3.05. The van der Waals surface area contributed by atoms with E-state index in [2.05, 4.69) is 15.5 Å². The highest BCUT2D eigenvalue weighted by Gasteiger charge is 2.21. The van der Waals surface area contributed by atoms with Gasteiger partial charge in [0, 0.05) is 22.5 Å². The summed E-state index contributed by atoms with van der Waals surface area (Å²) in [5, 5.41) is 8.37. The number of amides is 1. The molecule has 142 valence electrons. The molecule has 0 aliphatic carbocycles. The smallest absolute Gasteiger partial charge is 0.316 e. The van der Waals surface area contributed by atoms with Crippen LogP contribution in [0.5, 0.6) is 0 Å². The second kappa shape index (κ2) is 7.48. The lowest BCUT2D eigenvalue weighted by molar-refractivity contribution is 0.0910. The van der Waals surface area contributed by atoms with Gasteiger partial charge in [-0.3, -0.25) is 4.79 Å². The van der Waals surface area contributed by atoms with E-state index in [1.807, 2.05) is 56.3 Å². The zero-order valence-electron chi connectivity index (χ0n) is 15.5. The van der Waals surface area contributed by atoms with Gasteiger partial charge in [0.15, 0.2) is 5.76 Å². The molecule has 0 unspecified atom stereocenters. The van der Waals surface area contributed by atoms with Crippen molar-refractivity contribution in [3.63, 3.8) is 0 Å². The van der Waals surface area contributed by atoms with Gasteiger partial charge in [0.05, 0.1) is 0 Å². The van der Waals surface area contributed by atoms with Gasteiger partial charge in [0.25, 0.3) is 0 Å². The van der Waals surface area contributed by atoms with Crippen LogP contribution in [0.1, 0.15) is 27.4 Å². The Morgan fingerprint density at radius 1 is 1.14 bits per heavy atom. The summed E-state index contributed by atoms with van der Waals surface area (Å²) in [5.74, 6) is 0.254. The van der Waals surface area contributed by atoms with Gasteiger partial charge in [0.2, 0.25) is 5.82 Å². The first-order chi connectivity index (χ1) is 13.5. The molecule has 2 aromatic heterocycles. The number of hydrogen-bond acceptors (Lipinski definition) is 5. The molecule has 1 N–H and O–H groups in total. The van der Waals surface area contributed by atoms with E-state index in [0.717, 1.165) is 27.7 Å². The first-order valence-electron chi connectivity index (χ1n) is 8.88. The Kier molecular flexibility index (Phi) is 4.88. The lowest BCUT2D eigenvalue weighted by Crippen LogP contribution is -2.25. The molecule has 0 saturated carbocycles. The Hall–Kier alpha value is -3.12. The number of nitrogens with one attached hydrogen (secondary N) is 1. The highest BCUT2D eigenvalue weighted by atomic mass is 35.5. The molecular formula is C21H18ClN3O3. The van der Waals surface area contributed by atoms with Crippen LogP contribution < -0.4 is 5.32 Å². The Morgan fingerprint density at radius 2 is 1.93 bits per heavy atom. The summed E-state index contributed by atoms with van der Waals surface area (Å²) in [6.45, 7) is 4.36. The lowest BCUT2D eigenvalue weighted by Gasteiger charge is -2.02. The van der Waals surface area contributed by atoms with Crippen molar-refractivity contribution >= 4 is 28.5 Å². The zero-order valence-corrected chi connectivity index (χ0v) is 16.2. The molecule has 1 amide bonds. The van der Waals surface area contributed by atoms with E-state index >= 15 is 0 Å². The number of aromatic nitrogens is 2. The van der Waals surface area contributed by atoms with E-state index in [4.69, 9.17) is 20.5 Å². The molecule has 7 heteroatoms. The van der Waals surface area contributed by atoms with Crippen LogP contribution in [0, 0.1) is 13.8 Å². The third-order valence-corrected chi connectivity index (χ3v) is 4.85. The Labute approximate surface area is 166 Å². The third kappa shape index (κ3) is 3.51. The average Bonchev–Trinajstić information content (AvgIpc) is 3.29. The number of carbonyl (C=O) groups excluding carboxylic acids is 1. The molecule has 28 heavy (non-hydrogen) atoms. The average molecular weight is 396 g/mol. The predicted molar refractivity (Wildman–Crippen MR) is 106 cm³/mol. The van der Waals surface area contributed by atoms with Gasteiger partial charge in [-0.1, -0.05) is 47.1 Å². The Bertz CT molecular complexity index is 1150. The van der Waals surface area contributed by atoms with Crippen molar-refractivity contribution in [1.82, 2.24) is 15.5 Å². The topological polar surface area (TPSA) is 81.2 Å². The molecule has 0 aliphatic rings. The van der Waals surface area contributed by atoms with Crippen molar-refractivity contribution < 1.29 is 13.7 Å². The van der Waals surface area contributed by atoms with E-state index < -0.39 is 5.91 Å². The summed E-state index contributed by atoms with van der Waals surface area (Å²) in [6, 6.07) is 13.4. The SMILES string of the molecule is Cc1c(-c2noc(C(=O)NCCc3ccc(Cl)cc3)n2)oc2c(C)cccc12. The lowest BCUT2D eigenvalue weighted by atomic mass is 10.1. The van der Waals surface area contributed by atoms with Crippen LogP contribution in [0.15, 0.2) is 51.4 Å². The number of carbonyl (C=O) groups is 1. The van der Waals surface area contributed by atoms with Crippen molar-refractivity contribution in [3.8, 4) is 11.6 Å². The molecule has 2 aromatic carbocycles. The number of benzene rings is 2. The Balaban J connectivity index is 1.47. The molecule has 0 aliphatic heterocycles. The summed E-state index contributed by atoms with van der Waals surface area (Å²) in [7, 11) is 0. The molecule has 0 fully saturated rings. The fourth-order valence-corrected chi connectivity index (χ4v) is 3.18. The van der Waals surface area contributed by atoms with Gasteiger partial charge in [0.1, 0.15) is 5.58 Å². The molecule has 0 spiro atoms. The number of para-hydroxylation sites is 1. The molecule has 4 aromatic rings. The van der Waals surface area contributed by atoms with E-state index in [-0.39, 0.29) is 11.7 Å². The maximum atomic E-state index is 12.3. The van der Waals surface area contributed by atoms with Crippen molar-refractivity contribution in [2.24, 2.45) is 0 Å². The van der Waals surface area contributed by atoms with Gasteiger partial charge in [-0.15, -0.1) is 0 Å². The monoisotopic (exact) mass is 395 g/mol. The number of nitrogens with zero attached hydrogens (tertiary/aromatic N) is 2. The summed E-state index contributed by atoms with van der Waals surface area (Å²) >= 11 is 5.87. The number of hydrogen-bond donors (Lipinski definition) is 1. The van der Waals surface area contributed by atoms with Crippen molar-refractivity contribution in [1.29, 1.82) is 0 Å². The quantitative estimate of drug-likeness (QED) is 0.528. The van der Waals surface area contributed by atoms with Gasteiger partial charge in [-0.25, -0.2) is 0 Å². The maximum absolute atomic E-state index is 12.3. The molecule has 0 radical (unpaired) electrons. The number of halogens is 1. The van der Waals surface area contributed by atoms with Crippen LogP contribution >= 0.6 is 11.6 Å². The molecular weight excluding hydrogens is 378 g/mol. The van der Waals surface area contributed by atoms with Gasteiger partial charge >= 0.3 is 11.8 Å². The number of fused-ring (bicyclic) bond motifs is 1. The minimum absolute atomic E-state index is 0.0947. The first kappa shape index (κ1) is 18.3. The van der Waals surface area contributed by atoms with Crippen LogP contribution in [0.4, 0.5) is 0 Å². The van der Waals surface area contributed by atoms with Crippen LogP contribution in [0.25, 0.3) is 22.6 Å². The van der Waals surface area contributed by atoms with Crippen molar-refractivity contribution in [2.75, 3.05) is 6.54 Å². The van der Waals surface area contributed by atoms with Gasteiger partial charge in [-0.2, -0.15) is 4.98 Å². The molecule has 0 saturated heterocycles. The van der Waals surface area contributed by atoms with E-state index in [0.29, 0.717) is 23.7 Å². The molecule has 4 rings (SSSR count). The van der Waals surface area contributed by atoms with Crippen LogP contribution in [0.3, 0.4) is 0 Å². The van der Waals surface area contributed by atoms with Gasteiger partial charge < -0.3 is 14.3 Å². The van der Waals surface area contributed by atoms with Crippen molar-refractivity contribution in [3.05, 3.63) is 70.1 Å². The van der Waals surface area contributed by atoms with Crippen LogP contribution in [0.2, 0.25) is 5.02 Å². The Morgan fingerprint density at radius 3 is 2.68 bits per heavy atom. The standard InChI is InChI=1S/C21H18ClN3O3/c1-12-4-3-5-16-13(2)18(27-17(12)16)19-24-21(28-25-19)20(26)23-11-10-14-6-8-15(22)9-7-14/h3-9H,10-11H2,1-2H3,(H,23,26). The number of rotatable bonds is 5. The van der Waals surface area contributed by atoms with Crippen LogP contribution in [-0.2, 0) is 6.42 Å². The van der Waals surface area contributed by atoms with Crippen molar-refractivity contribution in [2.45, 2.75) is 20.3 Å². The fraction of sp³-hybridized carbons (Fsp3) is 0.190. The summed E-state index contributed by atoms with van der Waals surface area (Å²) in [5.41, 5.74) is 3.79. The minimum Gasteiger partial charge on any atom is -0.452 e. The summed E-state index contributed by atoms with van der Waals surface area (Å²) in [6.07, 6.45) is 0.672. The van der Waals surface area contributed by atoms with Crippen LogP contribution in [-0.4, -0.2) is 22.6 Å².